The highest BCUT2D eigenvalue weighted by Crippen LogP contribution is 2.43. The van der Waals surface area contributed by atoms with Crippen LogP contribution < -0.4 is 0 Å². The first-order valence-corrected chi connectivity index (χ1v) is 6.51. The van der Waals surface area contributed by atoms with Gasteiger partial charge in [-0.2, -0.15) is 26.3 Å². The molecule has 1 N–H and O–H groups in total. The van der Waals surface area contributed by atoms with Crippen molar-refractivity contribution in [2.24, 2.45) is 5.92 Å². The molecule has 0 fully saturated rings. The van der Waals surface area contributed by atoms with E-state index in [1.54, 1.807) is 22.6 Å². The van der Waals surface area contributed by atoms with Gasteiger partial charge in [0.25, 0.3) is 5.60 Å². The Bertz CT molecular complexity index is 296. The van der Waals surface area contributed by atoms with E-state index in [9.17, 15) is 31.1 Å². The summed E-state index contributed by atoms with van der Waals surface area (Å²) in [6.45, 7) is -0.670. The molecular formula is C9H11F6IO3. The van der Waals surface area contributed by atoms with Gasteiger partial charge in [0.05, 0.1) is 5.92 Å². The summed E-state index contributed by atoms with van der Waals surface area (Å²) in [5, 5.41) is 8.73. The second-order valence-electron chi connectivity index (χ2n) is 3.72. The van der Waals surface area contributed by atoms with Gasteiger partial charge < -0.3 is 9.84 Å². The predicted octanol–water partition coefficient (Wildman–Crippen LogP) is 2.85. The van der Waals surface area contributed by atoms with Crippen LogP contribution in [0.15, 0.2) is 0 Å². The molecule has 0 aromatic heterocycles. The fourth-order valence-corrected chi connectivity index (χ4v) is 1.94. The molecule has 1 unspecified atom stereocenters. The summed E-state index contributed by atoms with van der Waals surface area (Å²) in [6.07, 6.45) is -11.8. The number of carbonyl (C=O) groups excluding carboxylic acids is 1. The second-order valence-corrected chi connectivity index (χ2v) is 4.60. The van der Waals surface area contributed by atoms with Gasteiger partial charge in [-0.25, -0.2) is 0 Å². The van der Waals surface area contributed by atoms with E-state index < -0.39 is 36.4 Å². The molecule has 0 aromatic carbocycles. The van der Waals surface area contributed by atoms with Crippen molar-refractivity contribution in [3.8, 4) is 0 Å². The van der Waals surface area contributed by atoms with Crippen LogP contribution in [0.4, 0.5) is 26.3 Å². The van der Waals surface area contributed by atoms with Gasteiger partial charge in [0.2, 0.25) is 0 Å². The van der Waals surface area contributed by atoms with Gasteiger partial charge >= 0.3 is 18.3 Å². The highest BCUT2D eigenvalue weighted by molar-refractivity contribution is 14.1. The van der Waals surface area contributed by atoms with E-state index in [0.717, 1.165) is 0 Å². The molecular weight excluding hydrogens is 397 g/mol. The van der Waals surface area contributed by atoms with Gasteiger partial charge in [-0.3, -0.25) is 4.79 Å². The number of rotatable bonds is 5. The highest BCUT2D eigenvalue weighted by Gasteiger charge is 2.71. The van der Waals surface area contributed by atoms with Crippen LogP contribution in [0.1, 0.15) is 13.3 Å². The van der Waals surface area contributed by atoms with Crippen molar-refractivity contribution in [1.82, 2.24) is 0 Å². The van der Waals surface area contributed by atoms with Crippen LogP contribution in [0.3, 0.4) is 0 Å². The Morgan fingerprint density at radius 1 is 1.21 bits per heavy atom. The van der Waals surface area contributed by atoms with E-state index in [1.807, 2.05) is 0 Å². The molecule has 0 spiro atoms. The molecule has 0 amide bonds. The minimum atomic E-state index is -5.99. The molecule has 0 aliphatic rings. The van der Waals surface area contributed by atoms with E-state index in [4.69, 9.17) is 5.11 Å². The van der Waals surface area contributed by atoms with Gasteiger partial charge in [0.15, 0.2) is 0 Å². The highest BCUT2D eigenvalue weighted by atomic mass is 127. The summed E-state index contributed by atoms with van der Waals surface area (Å²) < 4.78 is 77.7. The van der Waals surface area contributed by atoms with Crippen LogP contribution in [-0.2, 0) is 9.53 Å². The molecule has 0 bridgehead atoms. The van der Waals surface area contributed by atoms with Crippen LogP contribution >= 0.6 is 22.6 Å². The molecule has 0 saturated carbocycles. The molecule has 0 saturated heterocycles. The third kappa shape index (κ3) is 4.36. The SMILES string of the molecule is CCC(CI)C(=O)OCC(O)(C(F)(F)F)C(F)(F)F. The molecule has 0 aliphatic heterocycles. The zero-order chi connectivity index (χ0) is 15.5. The molecule has 0 aromatic rings. The van der Waals surface area contributed by atoms with Crippen molar-refractivity contribution < 1.29 is 41.0 Å². The summed E-state index contributed by atoms with van der Waals surface area (Å²) in [6, 6.07) is 0. The summed E-state index contributed by atoms with van der Waals surface area (Å²) in [4.78, 5) is 11.2. The molecule has 0 rings (SSSR count). The van der Waals surface area contributed by atoms with Gasteiger partial charge in [0, 0.05) is 4.43 Å². The molecule has 0 radical (unpaired) electrons. The van der Waals surface area contributed by atoms with Crippen LogP contribution in [0.25, 0.3) is 0 Å². The quantitative estimate of drug-likeness (QED) is 0.330. The Kier molecular flexibility index (Phi) is 6.37. The number of halogens is 7. The smallest absolute Gasteiger partial charge is 0.429 e. The van der Waals surface area contributed by atoms with Crippen LogP contribution in [0, 0.1) is 5.92 Å². The van der Waals surface area contributed by atoms with Crippen molar-refractivity contribution in [3.63, 3.8) is 0 Å². The number of alkyl halides is 7. The van der Waals surface area contributed by atoms with Crippen LogP contribution in [-0.4, -0.2) is 40.1 Å². The standard InChI is InChI=1S/C9H11F6IO3/c1-2-5(3-16)6(17)19-4-7(18,8(10,11)12)9(13,14)15/h5,18H,2-4H2,1H3. The fraction of sp³-hybridized carbons (Fsp3) is 0.889. The Morgan fingerprint density at radius 2 is 1.63 bits per heavy atom. The summed E-state index contributed by atoms with van der Waals surface area (Å²) in [5.74, 6) is -2.02. The number of hydrogen-bond donors (Lipinski definition) is 1. The minimum Gasteiger partial charge on any atom is -0.462 e. The van der Waals surface area contributed by atoms with Gasteiger partial charge in [-0.1, -0.05) is 29.5 Å². The topological polar surface area (TPSA) is 46.5 Å². The minimum absolute atomic E-state index is 0.184. The predicted molar refractivity (Wildman–Crippen MR) is 60.7 cm³/mol. The first-order valence-electron chi connectivity index (χ1n) is 4.99. The van der Waals surface area contributed by atoms with E-state index in [2.05, 4.69) is 4.74 Å². The third-order valence-corrected chi connectivity index (χ3v) is 3.44. The lowest BCUT2D eigenvalue weighted by Gasteiger charge is -2.31. The van der Waals surface area contributed by atoms with Gasteiger partial charge in [-0.05, 0) is 6.42 Å². The molecule has 0 heterocycles. The summed E-state index contributed by atoms with van der Waals surface area (Å²) >= 11 is 1.75. The van der Waals surface area contributed by atoms with Crippen molar-refractivity contribution in [2.45, 2.75) is 31.3 Å². The maximum atomic E-state index is 12.3. The zero-order valence-electron chi connectivity index (χ0n) is 9.61. The fourth-order valence-electron chi connectivity index (χ4n) is 0.957. The zero-order valence-corrected chi connectivity index (χ0v) is 11.8. The lowest BCUT2D eigenvalue weighted by Crippen LogP contribution is -2.60. The Morgan fingerprint density at radius 3 is 1.89 bits per heavy atom. The molecule has 3 nitrogen and oxygen atoms in total. The normalized spacial score (nSPS) is 15.2. The number of hydrogen-bond acceptors (Lipinski definition) is 3. The maximum absolute atomic E-state index is 12.3. The van der Waals surface area contributed by atoms with Gasteiger partial charge in [0.1, 0.15) is 6.61 Å². The lowest BCUT2D eigenvalue weighted by molar-refractivity contribution is -0.375. The van der Waals surface area contributed by atoms with E-state index in [-0.39, 0.29) is 10.8 Å². The Labute approximate surface area is 118 Å². The van der Waals surface area contributed by atoms with E-state index in [0.29, 0.717) is 0 Å². The van der Waals surface area contributed by atoms with Crippen molar-refractivity contribution >= 4 is 28.6 Å². The lowest BCUT2D eigenvalue weighted by atomic mass is 10.0. The average molecular weight is 408 g/mol. The third-order valence-electron chi connectivity index (χ3n) is 2.37. The van der Waals surface area contributed by atoms with E-state index >= 15 is 0 Å². The van der Waals surface area contributed by atoms with E-state index in [1.165, 1.54) is 6.92 Å². The number of ether oxygens (including phenoxy) is 1. The maximum Gasteiger partial charge on any atom is 0.429 e. The first kappa shape index (κ1) is 18.7. The molecule has 10 heteroatoms. The van der Waals surface area contributed by atoms with Gasteiger partial charge in [-0.15, -0.1) is 0 Å². The summed E-state index contributed by atoms with van der Waals surface area (Å²) in [7, 11) is 0. The second kappa shape index (κ2) is 6.46. The molecule has 0 aliphatic carbocycles. The molecule has 114 valence electrons. The van der Waals surface area contributed by atoms with Crippen LogP contribution in [0.5, 0.6) is 0 Å². The van der Waals surface area contributed by atoms with Crippen molar-refractivity contribution in [2.75, 3.05) is 11.0 Å². The average Bonchev–Trinajstić information content (AvgIpc) is 2.24. The monoisotopic (exact) mass is 408 g/mol. The largest absolute Gasteiger partial charge is 0.462 e. The Balaban J connectivity index is 4.95. The Hall–Kier alpha value is -0.260. The number of esters is 1. The molecule has 19 heavy (non-hydrogen) atoms. The van der Waals surface area contributed by atoms with Crippen LogP contribution in [0.2, 0.25) is 0 Å². The van der Waals surface area contributed by atoms with Crippen molar-refractivity contribution in [1.29, 1.82) is 0 Å². The number of carbonyl (C=O) groups is 1. The first-order chi connectivity index (χ1) is 8.40. The molecule has 1 atom stereocenters. The van der Waals surface area contributed by atoms with Crippen molar-refractivity contribution in [3.05, 3.63) is 0 Å². The number of aliphatic hydroxyl groups is 1. The summed E-state index contributed by atoms with van der Waals surface area (Å²) in [5.41, 5.74) is -5.06.